The predicted molar refractivity (Wildman–Crippen MR) is 128 cm³/mol. The lowest BCUT2D eigenvalue weighted by Crippen LogP contribution is -2.26. The topological polar surface area (TPSA) is 91.8 Å². The van der Waals surface area contributed by atoms with Gasteiger partial charge < -0.3 is 0 Å². The van der Waals surface area contributed by atoms with Crippen LogP contribution >= 0.6 is 11.6 Å². The molecule has 33 heavy (non-hydrogen) atoms. The second kappa shape index (κ2) is 11.7. The minimum absolute atomic E-state index is 0.0473. The summed E-state index contributed by atoms with van der Waals surface area (Å²) in [5.74, 6) is -2.60. The van der Waals surface area contributed by atoms with Crippen LogP contribution in [0.2, 0.25) is 0 Å². The van der Waals surface area contributed by atoms with Crippen LogP contribution in [0.4, 0.5) is 0 Å². The maximum absolute atomic E-state index is 13.3. The molecule has 1 saturated heterocycles. The molecule has 0 saturated carbocycles. The number of amides is 2. The van der Waals surface area contributed by atoms with Crippen LogP contribution in [0.25, 0.3) is 11.1 Å². The van der Waals surface area contributed by atoms with Gasteiger partial charge in [0.25, 0.3) is 11.8 Å². The molecule has 0 spiro atoms. The van der Waals surface area contributed by atoms with Crippen molar-refractivity contribution >= 4 is 33.3 Å². The maximum atomic E-state index is 13.3. The Balaban J connectivity index is 0.000000914. The lowest BCUT2D eigenvalue weighted by molar-refractivity contribution is -0.171. The summed E-state index contributed by atoms with van der Waals surface area (Å²) >= 11 is 4.64. The largest absolute Gasteiger partial charge is 0.278 e. The Hall–Kier alpha value is -3.00. The Labute approximate surface area is 199 Å². The highest BCUT2D eigenvalue weighted by Crippen LogP contribution is 2.35. The number of rotatable bonds is 4. The molecule has 1 atom stereocenters. The number of carbonyl (C=O) groups excluding carboxylic acids is 2. The monoisotopic (exact) mass is 487 g/mol. The third kappa shape index (κ3) is 5.50. The van der Waals surface area contributed by atoms with Crippen LogP contribution in [0.5, 0.6) is 0 Å². The van der Waals surface area contributed by atoms with Crippen LogP contribution in [-0.4, -0.2) is 36.9 Å². The maximum Gasteiger partial charge on any atom is 0.261 e. The first-order valence-corrected chi connectivity index (χ1v) is 12.6. The molecule has 174 valence electrons. The Kier molecular flexibility index (Phi) is 9.34. The first-order valence-electron chi connectivity index (χ1n) is 10.3. The molecule has 3 aromatic carbocycles. The van der Waals surface area contributed by atoms with E-state index in [1.807, 2.05) is 44.2 Å². The first-order chi connectivity index (χ1) is 15.9. The molecule has 1 fully saturated rings. The van der Waals surface area contributed by atoms with E-state index in [2.05, 4.69) is 11.6 Å². The van der Waals surface area contributed by atoms with Gasteiger partial charge in [0.2, 0.25) is 9.84 Å². The van der Waals surface area contributed by atoms with Crippen molar-refractivity contribution in [2.45, 2.75) is 36.0 Å². The Bertz CT molecular complexity index is 1190. The molecule has 0 aromatic heterocycles. The van der Waals surface area contributed by atoms with Crippen LogP contribution in [-0.2, 0) is 19.4 Å². The lowest BCUT2D eigenvalue weighted by atomic mass is 9.98. The van der Waals surface area contributed by atoms with Crippen LogP contribution in [0.1, 0.15) is 31.7 Å². The van der Waals surface area contributed by atoms with Crippen molar-refractivity contribution in [1.29, 1.82) is 0 Å². The van der Waals surface area contributed by atoms with E-state index in [-0.39, 0.29) is 26.8 Å². The number of hydrogen-bond acceptors (Lipinski definition) is 5. The summed E-state index contributed by atoms with van der Waals surface area (Å²) in [4.78, 5) is 23.9. The Morgan fingerprint density at radius 2 is 1.33 bits per heavy atom. The highest BCUT2D eigenvalue weighted by Gasteiger charge is 2.41. The minimum Gasteiger partial charge on any atom is -0.278 e. The molecule has 1 unspecified atom stereocenters. The Morgan fingerprint density at radius 1 is 0.818 bits per heavy atom. The zero-order valence-corrected chi connectivity index (χ0v) is 20.2. The van der Waals surface area contributed by atoms with Gasteiger partial charge in [0.05, 0.1) is 15.7 Å². The van der Waals surface area contributed by atoms with Gasteiger partial charge in [-0.1, -0.05) is 74.5 Å². The van der Waals surface area contributed by atoms with Crippen molar-refractivity contribution in [2.75, 3.05) is 6.38 Å². The summed E-state index contributed by atoms with van der Waals surface area (Å²) < 4.78 is 26.5. The van der Waals surface area contributed by atoms with Crippen molar-refractivity contribution in [2.24, 2.45) is 0 Å². The number of hydrogen-bond donors (Lipinski definition) is 1. The summed E-state index contributed by atoms with van der Waals surface area (Å²) in [6, 6.07) is 22.1. The zero-order chi connectivity index (χ0) is 24.6. The fourth-order valence-corrected chi connectivity index (χ4v) is 4.99. The first kappa shape index (κ1) is 26.3. The lowest BCUT2D eigenvalue weighted by Gasteiger charge is -2.14. The molecule has 1 aliphatic heterocycles. The number of imide groups is 1. The van der Waals surface area contributed by atoms with Gasteiger partial charge in [-0.05, 0) is 34.9 Å². The van der Waals surface area contributed by atoms with Crippen LogP contribution in [0.3, 0.4) is 0 Å². The second-order valence-electron chi connectivity index (χ2n) is 6.73. The molecule has 0 bridgehead atoms. The fourth-order valence-electron chi connectivity index (χ4n) is 3.46. The molecule has 1 N–H and O–H groups in total. The number of nitrogens with zero attached hydrogens (tertiary/aromatic N) is 1. The average Bonchev–Trinajstić information content (AvgIpc) is 3.14. The van der Waals surface area contributed by atoms with Crippen molar-refractivity contribution in [3.05, 3.63) is 84.4 Å². The molecule has 0 radical (unpaired) electrons. The van der Waals surface area contributed by atoms with E-state index in [1.54, 1.807) is 24.3 Å². The van der Waals surface area contributed by atoms with E-state index >= 15 is 0 Å². The van der Waals surface area contributed by atoms with E-state index in [9.17, 15) is 23.2 Å². The number of alkyl halides is 1. The quantitative estimate of drug-likeness (QED) is 0.306. The molecule has 3 aromatic rings. The van der Waals surface area contributed by atoms with Gasteiger partial charge in [-0.25, -0.2) is 8.42 Å². The van der Waals surface area contributed by atoms with Gasteiger partial charge in [0.15, 0.2) is 0 Å². The number of halogens is 1. The highest BCUT2D eigenvalue weighted by atomic mass is 35.5. The van der Waals surface area contributed by atoms with E-state index in [0.29, 0.717) is 0 Å². The van der Waals surface area contributed by atoms with Gasteiger partial charge in [-0.3, -0.25) is 14.8 Å². The molecule has 8 heteroatoms. The fraction of sp³-hybridized carbons (Fsp3) is 0.200. The molecular weight excluding hydrogens is 462 g/mol. The van der Waals surface area contributed by atoms with Gasteiger partial charge in [-0.2, -0.15) is 5.06 Å². The third-order valence-corrected chi connectivity index (χ3v) is 6.82. The summed E-state index contributed by atoms with van der Waals surface area (Å²) in [6.07, 6.45) is 1.20. The zero-order valence-electron chi connectivity index (χ0n) is 18.6. The molecule has 1 heterocycles. The summed E-state index contributed by atoms with van der Waals surface area (Å²) in [5.41, 5.74) is 2.05. The van der Waals surface area contributed by atoms with Crippen LogP contribution in [0, 0.1) is 0 Å². The predicted octanol–water partition coefficient (Wildman–Crippen LogP) is 5.30. The summed E-state index contributed by atoms with van der Waals surface area (Å²) in [5, 5.41) is 9.59. The highest BCUT2D eigenvalue weighted by molar-refractivity contribution is 7.91. The molecule has 6 nitrogen and oxygen atoms in total. The van der Waals surface area contributed by atoms with Crippen LogP contribution in [0.15, 0.2) is 88.7 Å². The Morgan fingerprint density at radius 3 is 1.88 bits per heavy atom. The molecular formula is C25H26ClNO5S. The smallest absolute Gasteiger partial charge is 0.261 e. The van der Waals surface area contributed by atoms with E-state index in [0.717, 1.165) is 11.1 Å². The average molecular weight is 488 g/mol. The molecule has 1 aliphatic rings. The number of benzene rings is 3. The standard InChI is InChI=1S/C22H17NO5S.C2H6.CH3Cl/c24-21-14-19(22(25)23(21)26)18-8-4-5-9-20(18)29(27,28)17-12-10-16(11-13-17)15-6-2-1-3-7-15;2*1-2/h1-13,19,26H,14H2;1-2H3;1H3. The second-order valence-corrected chi connectivity index (χ2v) is 8.65. The molecule has 2 amide bonds. The summed E-state index contributed by atoms with van der Waals surface area (Å²) in [6.45, 7) is 4.00. The van der Waals surface area contributed by atoms with Crippen molar-refractivity contribution in [3.63, 3.8) is 0 Å². The van der Waals surface area contributed by atoms with Crippen molar-refractivity contribution in [3.8, 4) is 11.1 Å². The SMILES string of the molecule is CC.CCl.O=C1CC(c2ccccc2S(=O)(=O)c2ccc(-c3ccccc3)cc2)C(=O)N1O. The van der Waals surface area contributed by atoms with E-state index in [4.69, 9.17) is 0 Å². The summed E-state index contributed by atoms with van der Waals surface area (Å²) in [7, 11) is -3.93. The van der Waals surface area contributed by atoms with Gasteiger partial charge in [-0.15, -0.1) is 11.6 Å². The van der Waals surface area contributed by atoms with E-state index in [1.165, 1.54) is 30.6 Å². The van der Waals surface area contributed by atoms with Gasteiger partial charge in [0, 0.05) is 12.8 Å². The third-order valence-electron chi connectivity index (χ3n) is 4.98. The number of sulfone groups is 1. The van der Waals surface area contributed by atoms with Crippen LogP contribution < -0.4 is 0 Å². The van der Waals surface area contributed by atoms with Crippen molar-refractivity contribution in [1.82, 2.24) is 5.06 Å². The van der Waals surface area contributed by atoms with E-state index < -0.39 is 27.6 Å². The number of hydroxylamine groups is 2. The van der Waals surface area contributed by atoms with Gasteiger partial charge >= 0.3 is 0 Å². The normalized spacial score (nSPS) is 15.3. The number of carbonyl (C=O) groups is 2. The molecule has 0 aliphatic carbocycles. The van der Waals surface area contributed by atoms with Crippen molar-refractivity contribution < 1.29 is 23.2 Å². The van der Waals surface area contributed by atoms with Gasteiger partial charge in [0.1, 0.15) is 0 Å². The molecule has 4 rings (SSSR count). The minimum atomic E-state index is -3.93.